The van der Waals surface area contributed by atoms with Crippen molar-refractivity contribution in [1.29, 1.82) is 0 Å². The molecule has 1 aromatic carbocycles. The molecule has 3 N–H and O–H groups in total. The monoisotopic (exact) mass is 409 g/mol. The fourth-order valence-electron chi connectivity index (χ4n) is 4.13. The van der Waals surface area contributed by atoms with Gasteiger partial charge in [-0.15, -0.1) is 10.2 Å². The first kappa shape index (κ1) is 20.1. The van der Waals surface area contributed by atoms with Gasteiger partial charge < -0.3 is 20.7 Å². The molecule has 0 spiro atoms. The Morgan fingerprint density at radius 1 is 1.23 bits per heavy atom. The molecule has 1 aliphatic rings. The third kappa shape index (κ3) is 3.68. The molecule has 9 heteroatoms. The molecule has 1 fully saturated rings. The number of carbonyl (C=O) groups is 1. The summed E-state index contributed by atoms with van der Waals surface area (Å²) < 4.78 is 7.31. The second kappa shape index (κ2) is 7.91. The van der Waals surface area contributed by atoms with E-state index in [9.17, 15) is 4.79 Å². The molecule has 1 amide bonds. The van der Waals surface area contributed by atoms with Gasteiger partial charge in [-0.25, -0.2) is 0 Å². The van der Waals surface area contributed by atoms with Crippen LogP contribution >= 0.6 is 0 Å². The van der Waals surface area contributed by atoms with E-state index in [4.69, 9.17) is 10.5 Å². The molecule has 3 aromatic rings. The summed E-state index contributed by atoms with van der Waals surface area (Å²) in [7, 11) is 1.84. The fraction of sp³-hybridized carbons (Fsp3) is 0.429. The van der Waals surface area contributed by atoms with Gasteiger partial charge in [-0.2, -0.15) is 5.10 Å². The zero-order valence-electron chi connectivity index (χ0n) is 17.7. The maximum atomic E-state index is 11.9. The number of nitrogens with two attached hydrogens (primary N) is 1. The molecule has 9 nitrogen and oxygen atoms in total. The molecule has 2 atom stereocenters. The number of primary amides is 1. The van der Waals surface area contributed by atoms with Crippen molar-refractivity contribution in [3.8, 4) is 17.1 Å². The van der Waals surface area contributed by atoms with Crippen molar-refractivity contribution in [3.05, 3.63) is 29.8 Å². The third-order valence-corrected chi connectivity index (χ3v) is 5.27. The highest BCUT2D eigenvalue weighted by Crippen LogP contribution is 2.32. The summed E-state index contributed by atoms with van der Waals surface area (Å²) in [5.74, 6) is 0.742. The van der Waals surface area contributed by atoms with E-state index >= 15 is 0 Å². The second-order valence-electron chi connectivity index (χ2n) is 7.79. The number of piperazine rings is 1. The normalized spacial score (nSPS) is 19.3. The lowest BCUT2D eigenvalue weighted by atomic mass is 10.1. The van der Waals surface area contributed by atoms with E-state index in [0.717, 1.165) is 30.0 Å². The molecular weight excluding hydrogens is 382 g/mol. The van der Waals surface area contributed by atoms with Gasteiger partial charge in [-0.05, 0) is 39.0 Å². The van der Waals surface area contributed by atoms with E-state index in [2.05, 4.69) is 39.4 Å². The first-order valence-electron chi connectivity index (χ1n) is 10.2. The number of carbonyl (C=O) groups excluding carboxylic acids is 1. The highest BCUT2D eigenvalue weighted by Gasteiger charge is 2.23. The topological polar surface area (TPSA) is 111 Å². The van der Waals surface area contributed by atoms with E-state index in [-0.39, 0.29) is 0 Å². The van der Waals surface area contributed by atoms with Crippen molar-refractivity contribution in [1.82, 2.24) is 25.3 Å². The van der Waals surface area contributed by atoms with Crippen LogP contribution in [0.4, 0.5) is 5.82 Å². The summed E-state index contributed by atoms with van der Waals surface area (Å²) >= 11 is 0. The number of aryl methyl sites for hydroxylation is 1. The lowest BCUT2D eigenvalue weighted by Gasteiger charge is -2.36. The van der Waals surface area contributed by atoms with Gasteiger partial charge in [0, 0.05) is 43.7 Å². The summed E-state index contributed by atoms with van der Waals surface area (Å²) in [5.41, 5.74) is 8.06. The molecule has 3 heterocycles. The highest BCUT2D eigenvalue weighted by atomic mass is 16.5. The van der Waals surface area contributed by atoms with Gasteiger partial charge in [0.15, 0.2) is 5.82 Å². The summed E-state index contributed by atoms with van der Waals surface area (Å²) in [6.07, 6.45) is 0. The SMILES string of the molecule is CCOc1cc2nn(C)c(-c3ccc(N4C[C@@H](C)N[C@@H](C)C4)nn3)c2cc1C(N)=O. The van der Waals surface area contributed by atoms with Gasteiger partial charge >= 0.3 is 0 Å². The minimum absolute atomic E-state index is 0.326. The van der Waals surface area contributed by atoms with Gasteiger partial charge in [-0.3, -0.25) is 9.48 Å². The summed E-state index contributed by atoms with van der Waals surface area (Å²) in [6.45, 7) is 8.39. The standard InChI is InChI=1S/C21H27N7O2/c1-5-30-18-9-17-14(8-15(18)21(22)29)20(27(4)26-17)16-6-7-19(25-24-16)28-10-12(2)23-13(3)11-28/h6-9,12-13,23H,5,10-11H2,1-4H3,(H2,22,29)/t12-,13+. The Bertz CT molecular complexity index is 1070. The molecule has 0 aliphatic carbocycles. The molecule has 1 aliphatic heterocycles. The van der Waals surface area contributed by atoms with E-state index in [1.807, 2.05) is 26.1 Å². The number of amides is 1. The molecule has 4 rings (SSSR count). The first-order valence-corrected chi connectivity index (χ1v) is 10.2. The average Bonchev–Trinajstić information content (AvgIpc) is 3.01. The van der Waals surface area contributed by atoms with Crippen molar-refractivity contribution in [2.45, 2.75) is 32.9 Å². The van der Waals surface area contributed by atoms with E-state index in [0.29, 0.717) is 41.2 Å². The third-order valence-electron chi connectivity index (χ3n) is 5.27. The second-order valence-corrected chi connectivity index (χ2v) is 7.79. The molecule has 2 aromatic heterocycles. The zero-order valence-corrected chi connectivity index (χ0v) is 17.7. The first-order chi connectivity index (χ1) is 14.4. The van der Waals surface area contributed by atoms with Crippen LogP contribution in [0.25, 0.3) is 22.3 Å². The molecule has 0 saturated carbocycles. The molecule has 158 valence electrons. The van der Waals surface area contributed by atoms with Crippen LogP contribution in [0.1, 0.15) is 31.1 Å². The summed E-state index contributed by atoms with van der Waals surface area (Å²) in [6, 6.07) is 8.17. The van der Waals surface area contributed by atoms with Crippen LogP contribution in [-0.4, -0.2) is 57.7 Å². The van der Waals surface area contributed by atoms with Crippen molar-refractivity contribution < 1.29 is 9.53 Å². The highest BCUT2D eigenvalue weighted by molar-refractivity contribution is 6.03. The number of anilines is 1. The Balaban J connectivity index is 1.73. The van der Waals surface area contributed by atoms with E-state index in [1.165, 1.54) is 0 Å². The van der Waals surface area contributed by atoms with Crippen LogP contribution in [-0.2, 0) is 7.05 Å². The number of benzene rings is 1. The fourth-order valence-corrected chi connectivity index (χ4v) is 4.13. The van der Waals surface area contributed by atoms with Crippen LogP contribution in [0.5, 0.6) is 5.75 Å². The Hall–Kier alpha value is -3.20. The predicted octanol–water partition coefficient (Wildman–Crippen LogP) is 1.71. The average molecular weight is 409 g/mol. The van der Waals surface area contributed by atoms with Gasteiger partial charge in [0.2, 0.25) is 0 Å². The van der Waals surface area contributed by atoms with Crippen LogP contribution in [0.15, 0.2) is 24.3 Å². The van der Waals surface area contributed by atoms with Crippen molar-refractivity contribution in [2.24, 2.45) is 12.8 Å². The van der Waals surface area contributed by atoms with Crippen molar-refractivity contribution >= 4 is 22.6 Å². The number of fused-ring (bicyclic) bond motifs is 1. The largest absolute Gasteiger partial charge is 0.493 e. The number of nitrogens with zero attached hydrogens (tertiary/aromatic N) is 5. The number of ether oxygens (including phenoxy) is 1. The lowest BCUT2D eigenvalue weighted by Crippen LogP contribution is -2.54. The van der Waals surface area contributed by atoms with Gasteiger partial charge in [0.1, 0.15) is 11.4 Å². The number of rotatable bonds is 5. The molecule has 0 bridgehead atoms. The minimum atomic E-state index is -0.543. The Kier molecular flexibility index (Phi) is 5.29. The molecule has 0 radical (unpaired) electrons. The number of aromatic nitrogens is 4. The Morgan fingerprint density at radius 2 is 1.97 bits per heavy atom. The number of hydrogen-bond donors (Lipinski definition) is 2. The van der Waals surface area contributed by atoms with E-state index in [1.54, 1.807) is 16.8 Å². The minimum Gasteiger partial charge on any atom is -0.493 e. The van der Waals surface area contributed by atoms with Crippen LogP contribution < -0.4 is 20.7 Å². The van der Waals surface area contributed by atoms with Gasteiger partial charge in [-0.1, -0.05) is 0 Å². The molecule has 1 saturated heterocycles. The van der Waals surface area contributed by atoms with E-state index < -0.39 is 5.91 Å². The maximum absolute atomic E-state index is 11.9. The quantitative estimate of drug-likeness (QED) is 0.660. The van der Waals surface area contributed by atoms with Crippen LogP contribution in [0.2, 0.25) is 0 Å². The lowest BCUT2D eigenvalue weighted by molar-refractivity contribution is 0.0997. The van der Waals surface area contributed by atoms with Gasteiger partial charge in [0.25, 0.3) is 5.91 Å². The van der Waals surface area contributed by atoms with Crippen molar-refractivity contribution in [2.75, 3.05) is 24.6 Å². The Morgan fingerprint density at radius 3 is 2.57 bits per heavy atom. The van der Waals surface area contributed by atoms with Crippen LogP contribution in [0, 0.1) is 0 Å². The zero-order chi connectivity index (χ0) is 21.4. The Labute approximate surface area is 175 Å². The summed E-state index contributed by atoms with van der Waals surface area (Å²) in [5, 5.41) is 17.8. The van der Waals surface area contributed by atoms with Gasteiger partial charge in [0.05, 0.1) is 23.4 Å². The van der Waals surface area contributed by atoms with Crippen LogP contribution in [0.3, 0.4) is 0 Å². The number of hydrogen-bond acceptors (Lipinski definition) is 7. The predicted molar refractivity (Wildman–Crippen MR) is 116 cm³/mol. The maximum Gasteiger partial charge on any atom is 0.252 e. The number of nitrogens with one attached hydrogen (secondary N) is 1. The summed E-state index contributed by atoms with van der Waals surface area (Å²) in [4.78, 5) is 14.2. The smallest absolute Gasteiger partial charge is 0.252 e. The molecule has 0 unspecified atom stereocenters. The van der Waals surface area contributed by atoms with Crippen molar-refractivity contribution in [3.63, 3.8) is 0 Å². The molecule has 30 heavy (non-hydrogen) atoms. The molecular formula is C21H27N7O2.